The molecule has 1 amide bonds. The van der Waals surface area contributed by atoms with Crippen molar-refractivity contribution in [1.82, 2.24) is 15.2 Å². The van der Waals surface area contributed by atoms with Crippen LogP contribution in [0.15, 0.2) is 12.3 Å². The molecule has 112 valence electrons. The van der Waals surface area contributed by atoms with Crippen molar-refractivity contribution in [2.45, 2.75) is 57.7 Å². The van der Waals surface area contributed by atoms with E-state index in [9.17, 15) is 4.79 Å². The molecule has 1 aliphatic rings. The van der Waals surface area contributed by atoms with E-state index in [0.717, 1.165) is 25.7 Å². The van der Waals surface area contributed by atoms with Gasteiger partial charge in [0.05, 0.1) is 5.02 Å². The van der Waals surface area contributed by atoms with Crippen molar-refractivity contribution < 1.29 is 4.79 Å². The van der Waals surface area contributed by atoms with Gasteiger partial charge in [0.2, 0.25) is 0 Å². The number of amides is 1. The second-order valence-corrected chi connectivity index (χ2v) is 6.29. The number of hydrogen-bond donors (Lipinski definition) is 2. The quantitative estimate of drug-likeness (QED) is 0.897. The highest BCUT2D eigenvalue weighted by Crippen LogP contribution is 2.21. The molecule has 0 radical (unpaired) electrons. The number of carbonyl (C=O) groups is 1. The molecule has 4 nitrogen and oxygen atoms in total. The molecule has 2 rings (SSSR count). The molecule has 0 aromatic carbocycles. The van der Waals surface area contributed by atoms with Gasteiger partial charge in [-0.15, -0.1) is 0 Å². The summed E-state index contributed by atoms with van der Waals surface area (Å²) in [4.78, 5) is 12.4. The van der Waals surface area contributed by atoms with E-state index in [1.807, 2.05) is 31.7 Å². The summed E-state index contributed by atoms with van der Waals surface area (Å²) in [5.74, 6) is -0.0153. The first kappa shape index (κ1) is 15.4. The first-order chi connectivity index (χ1) is 9.51. The van der Waals surface area contributed by atoms with Gasteiger partial charge in [0.15, 0.2) is 0 Å². The van der Waals surface area contributed by atoms with E-state index in [2.05, 4.69) is 10.6 Å². The molecule has 0 unspecified atom stereocenters. The van der Waals surface area contributed by atoms with Crippen LogP contribution in [-0.2, 0) is 0 Å². The largest absolute Gasteiger partial charge is 0.348 e. The van der Waals surface area contributed by atoms with Gasteiger partial charge in [-0.1, -0.05) is 11.6 Å². The summed E-state index contributed by atoms with van der Waals surface area (Å²) in [6.07, 6.45) is 6.13. The molecule has 0 aliphatic heterocycles. The molecule has 2 N–H and O–H groups in total. The van der Waals surface area contributed by atoms with E-state index in [1.165, 1.54) is 0 Å². The summed E-state index contributed by atoms with van der Waals surface area (Å²) in [6, 6.07) is 2.85. The highest BCUT2D eigenvalue weighted by Gasteiger charge is 2.23. The summed E-state index contributed by atoms with van der Waals surface area (Å²) >= 11 is 6.03. The molecular formula is C15H24ClN3O. The van der Waals surface area contributed by atoms with E-state index in [0.29, 0.717) is 16.8 Å². The lowest BCUT2D eigenvalue weighted by Gasteiger charge is -2.29. The van der Waals surface area contributed by atoms with Crippen molar-refractivity contribution in [2.24, 2.45) is 0 Å². The number of aromatic nitrogens is 1. The lowest BCUT2D eigenvalue weighted by molar-refractivity contribution is 0.0913. The summed E-state index contributed by atoms with van der Waals surface area (Å²) < 4.78 is 1.93. The lowest BCUT2D eigenvalue weighted by atomic mass is 9.91. The average Bonchev–Trinajstić information content (AvgIpc) is 2.82. The van der Waals surface area contributed by atoms with Crippen LogP contribution in [0.4, 0.5) is 0 Å². The van der Waals surface area contributed by atoms with Crippen LogP contribution in [0, 0.1) is 0 Å². The Morgan fingerprint density at radius 1 is 1.30 bits per heavy atom. The number of nitrogens with one attached hydrogen (secondary N) is 2. The Bertz CT molecular complexity index is 462. The summed E-state index contributed by atoms with van der Waals surface area (Å²) in [5, 5.41) is 7.06. The highest BCUT2D eigenvalue weighted by molar-refractivity contribution is 6.31. The predicted octanol–water partition coefficient (Wildman–Crippen LogP) is 2.98. The fourth-order valence-corrected chi connectivity index (χ4v) is 3.05. The molecule has 1 heterocycles. The number of nitrogens with zero attached hydrogens (tertiary/aromatic N) is 1. The molecule has 0 spiro atoms. The molecule has 1 saturated carbocycles. The second-order valence-electron chi connectivity index (χ2n) is 5.86. The van der Waals surface area contributed by atoms with E-state index in [4.69, 9.17) is 11.6 Å². The summed E-state index contributed by atoms with van der Waals surface area (Å²) in [5.41, 5.74) is 0.653. The molecular weight excluding hydrogens is 274 g/mol. The molecule has 0 atom stereocenters. The minimum absolute atomic E-state index is 0.0153. The van der Waals surface area contributed by atoms with Gasteiger partial charge in [0.1, 0.15) is 5.69 Å². The van der Waals surface area contributed by atoms with Crippen LogP contribution in [0.1, 0.15) is 56.1 Å². The van der Waals surface area contributed by atoms with Gasteiger partial charge in [0, 0.05) is 24.3 Å². The SMILES string of the molecule is CNC1CCC(NC(=O)c2cc(Cl)cn2C(C)C)CC1. The molecule has 0 bridgehead atoms. The van der Waals surface area contributed by atoms with Crippen molar-refractivity contribution in [3.63, 3.8) is 0 Å². The van der Waals surface area contributed by atoms with E-state index in [1.54, 1.807) is 6.07 Å². The van der Waals surface area contributed by atoms with Crippen LogP contribution in [0.25, 0.3) is 0 Å². The van der Waals surface area contributed by atoms with Crippen LogP contribution in [0.3, 0.4) is 0 Å². The topological polar surface area (TPSA) is 46.1 Å². The van der Waals surface area contributed by atoms with E-state index < -0.39 is 0 Å². The Labute approximate surface area is 125 Å². The zero-order chi connectivity index (χ0) is 14.7. The lowest BCUT2D eigenvalue weighted by Crippen LogP contribution is -2.41. The maximum absolute atomic E-state index is 12.4. The second kappa shape index (κ2) is 6.64. The maximum Gasteiger partial charge on any atom is 0.268 e. The molecule has 1 fully saturated rings. The van der Waals surface area contributed by atoms with Crippen molar-refractivity contribution in [3.05, 3.63) is 23.0 Å². The standard InChI is InChI=1S/C15H24ClN3O/c1-10(2)19-9-11(16)8-14(19)15(20)18-13-6-4-12(17-3)5-7-13/h8-10,12-13,17H,4-7H2,1-3H3,(H,18,20). The normalized spacial score (nSPS) is 23.1. The highest BCUT2D eigenvalue weighted by atomic mass is 35.5. The van der Waals surface area contributed by atoms with E-state index >= 15 is 0 Å². The third kappa shape index (κ3) is 3.55. The smallest absolute Gasteiger partial charge is 0.268 e. The fourth-order valence-electron chi connectivity index (χ4n) is 2.84. The van der Waals surface area contributed by atoms with Gasteiger partial charge in [0.25, 0.3) is 5.91 Å². The Morgan fingerprint density at radius 2 is 1.90 bits per heavy atom. The molecule has 0 saturated heterocycles. The van der Waals surface area contributed by atoms with Crippen LogP contribution in [0.2, 0.25) is 5.02 Å². The minimum Gasteiger partial charge on any atom is -0.348 e. The predicted molar refractivity (Wildman–Crippen MR) is 82.4 cm³/mol. The third-order valence-corrected chi connectivity index (χ3v) is 4.28. The molecule has 1 aromatic rings. The van der Waals surface area contributed by atoms with Gasteiger partial charge in [-0.25, -0.2) is 0 Å². The first-order valence-electron chi connectivity index (χ1n) is 7.36. The molecule has 1 aromatic heterocycles. The van der Waals surface area contributed by atoms with Crippen LogP contribution in [-0.4, -0.2) is 29.6 Å². The fraction of sp³-hybridized carbons (Fsp3) is 0.667. The number of carbonyl (C=O) groups excluding carboxylic acids is 1. The maximum atomic E-state index is 12.4. The van der Waals surface area contributed by atoms with Gasteiger partial charge in [-0.3, -0.25) is 4.79 Å². The van der Waals surface area contributed by atoms with Crippen LogP contribution in [0.5, 0.6) is 0 Å². The van der Waals surface area contributed by atoms with Crippen molar-refractivity contribution in [2.75, 3.05) is 7.05 Å². The van der Waals surface area contributed by atoms with Crippen LogP contribution < -0.4 is 10.6 Å². The summed E-state index contributed by atoms with van der Waals surface area (Å²) in [7, 11) is 2.00. The zero-order valence-electron chi connectivity index (χ0n) is 12.4. The Balaban J connectivity index is 1.99. The zero-order valence-corrected chi connectivity index (χ0v) is 13.2. The van der Waals surface area contributed by atoms with Gasteiger partial charge < -0.3 is 15.2 Å². The monoisotopic (exact) mass is 297 g/mol. The Morgan fingerprint density at radius 3 is 2.45 bits per heavy atom. The molecule has 5 heteroatoms. The number of hydrogen-bond acceptors (Lipinski definition) is 2. The first-order valence-corrected chi connectivity index (χ1v) is 7.74. The van der Waals surface area contributed by atoms with Crippen LogP contribution >= 0.6 is 11.6 Å². The van der Waals surface area contributed by atoms with Crippen molar-refractivity contribution in [3.8, 4) is 0 Å². The molecule has 1 aliphatic carbocycles. The average molecular weight is 298 g/mol. The van der Waals surface area contributed by atoms with Gasteiger partial charge >= 0.3 is 0 Å². The Hall–Kier alpha value is -1.00. The van der Waals surface area contributed by atoms with Crippen molar-refractivity contribution >= 4 is 17.5 Å². The Kier molecular flexibility index (Phi) is 5.11. The van der Waals surface area contributed by atoms with Crippen molar-refractivity contribution in [1.29, 1.82) is 0 Å². The third-order valence-electron chi connectivity index (χ3n) is 4.07. The van der Waals surface area contributed by atoms with Gasteiger partial charge in [-0.2, -0.15) is 0 Å². The summed E-state index contributed by atoms with van der Waals surface area (Å²) in [6.45, 7) is 4.09. The number of rotatable bonds is 4. The van der Waals surface area contributed by atoms with E-state index in [-0.39, 0.29) is 18.0 Å². The van der Waals surface area contributed by atoms with Gasteiger partial charge in [-0.05, 0) is 52.6 Å². The number of halogens is 1. The minimum atomic E-state index is -0.0153. The molecule has 20 heavy (non-hydrogen) atoms.